The van der Waals surface area contributed by atoms with Crippen molar-refractivity contribution in [1.29, 1.82) is 0 Å². The Morgan fingerprint density at radius 3 is 2.39 bits per heavy atom. The van der Waals surface area contributed by atoms with Gasteiger partial charge in [0, 0.05) is 20.5 Å². The second-order valence-electron chi connectivity index (χ2n) is 5.40. The monoisotopic (exact) mass is 312 g/mol. The molecule has 1 aromatic heterocycles. The van der Waals surface area contributed by atoms with Crippen LogP contribution in [0.5, 0.6) is 0 Å². The van der Waals surface area contributed by atoms with Crippen LogP contribution in [0.1, 0.15) is 32.1 Å². The number of rotatable bonds is 5. The van der Waals surface area contributed by atoms with Crippen LogP contribution >= 0.6 is 0 Å². The number of amides is 1. The van der Waals surface area contributed by atoms with Gasteiger partial charge in [0.15, 0.2) is 0 Å². The molecule has 5 nitrogen and oxygen atoms in total. The smallest absolute Gasteiger partial charge is 0.339 e. The third-order valence-electron chi connectivity index (χ3n) is 3.40. The van der Waals surface area contributed by atoms with Crippen LogP contribution in [0.3, 0.4) is 0 Å². The fourth-order valence-corrected chi connectivity index (χ4v) is 2.11. The third-order valence-corrected chi connectivity index (χ3v) is 3.40. The quantitative estimate of drug-likeness (QED) is 0.796. The van der Waals surface area contributed by atoms with Gasteiger partial charge in [0.25, 0.3) is 5.91 Å². The van der Waals surface area contributed by atoms with Crippen LogP contribution in [0.4, 0.5) is 0 Å². The van der Waals surface area contributed by atoms with Gasteiger partial charge in [0.1, 0.15) is 5.69 Å². The van der Waals surface area contributed by atoms with Gasteiger partial charge in [-0.3, -0.25) is 4.79 Å². The molecule has 0 aliphatic rings. The Morgan fingerprint density at radius 2 is 1.78 bits per heavy atom. The van der Waals surface area contributed by atoms with Crippen LogP contribution < -0.4 is 0 Å². The maximum atomic E-state index is 12.1. The molecule has 2 aromatic rings. The van der Waals surface area contributed by atoms with Gasteiger partial charge in [-0.05, 0) is 24.6 Å². The number of nitrogens with zero attached hydrogens (tertiary/aromatic N) is 2. The predicted molar refractivity (Wildman–Crippen MR) is 87.4 cm³/mol. The number of esters is 1. The molecule has 5 heteroatoms. The maximum absolute atomic E-state index is 12.1. The van der Waals surface area contributed by atoms with E-state index in [0.29, 0.717) is 30.0 Å². The van der Waals surface area contributed by atoms with Crippen molar-refractivity contribution < 1.29 is 14.3 Å². The molecular weight excluding hydrogens is 292 g/mol. The number of carbonyl (C=O) groups excluding carboxylic acids is 2. The fourth-order valence-electron chi connectivity index (χ4n) is 2.11. The first-order valence-corrected chi connectivity index (χ1v) is 7.39. The third kappa shape index (κ3) is 4.39. The van der Waals surface area contributed by atoms with Gasteiger partial charge in [0.2, 0.25) is 0 Å². The normalized spacial score (nSPS) is 10.2. The fraction of sp³-hybridized carbons (Fsp3) is 0.278. The van der Waals surface area contributed by atoms with E-state index in [-0.39, 0.29) is 5.91 Å². The number of aromatic nitrogens is 1. The van der Waals surface area contributed by atoms with E-state index in [9.17, 15) is 9.59 Å². The summed E-state index contributed by atoms with van der Waals surface area (Å²) in [4.78, 5) is 29.6. The molecule has 1 amide bonds. The zero-order valence-corrected chi connectivity index (χ0v) is 13.6. The van der Waals surface area contributed by atoms with Crippen molar-refractivity contribution in [3.05, 3.63) is 65.0 Å². The summed E-state index contributed by atoms with van der Waals surface area (Å²) in [5.41, 5.74) is 2.30. The van der Waals surface area contributed by atoms with Gasteiger partial charge in [-0.25, -0.2) is 9.78 Å². The van der Waals surface area contributed by atoms with Gasteiger partial charge in [0.05, 0.1) is 17.9 Å². The molecule has 0 saturated carbocycles. The molecule has 23 heavy (non-hydrogen) atoms. The Bertz CT molecular complexity index is 697. The minimum Gasteiger partial charge on any atom is -0.462 e. The molecule has 0 radical (unpaired) electrons. The standard InChI is InChI=1S/C18H20N2O3/c1-13-15(9-10-16(19-13)17(21)20(2)3)18(22)23-12-11-14-7-5-4-6-8-14/h4-10H,11-12H2,1-3H3. The first-order valence-electron chi connectivity index (χ1n) is 7.39. The van der Waals surface area contributed by atoms with Crippen molar-refractivity contribution in [2.75, 3.05) is 20.7 Å². The number of pyridine rings is 1. The van der Waals surface area contributed by atoms with Crippen molar-refractivity contribution in [3.8, 4) is 0 Å². The van der Waals surface area contributed by atoms with Gasteiger partial charge >= 0.3 is 5.97 Å². The second-order valence-corrected chi connectivity index (χ2v) is 5.40. The van der Waals surface area contributed by atoms with Crippen LogP contribution in [-0.4, -0.2) is 42.5 Å². The SMILES string of the molecule is Cc1nc(C(=O)N(C)C)ccc1C(=O)OCCc1ccccc1. The van der Waals surface area contributed by atoms with Crippen LogP contribution in [0, 0.1) is 6.92 Å². The van der Waals surface area contributed by atoms with Crippen molar-refractivity contribution in [2.45, 2.75) is 13.3 Å². The molecule has 120 valence electrons. The van der Waals surface area contributed by atoms with E-state index < -0.39 is 5.97 Å². The topological polar surface area (TPSA) is 59.5 Å². The lowest BCUT2D eigenvalue weighted by Crippen LogP contribution is -2.23. The number of carbonyl (C=O) groups is 2. The summed E-state index contributed by atoms with van der Waals surface area (Å²) in [5, 5.41) is 0. The molecule has 0 fully saturated rings. The second kappa shape index (κ2) is 7.54. The van der Waals surface area contributed by atoms with E-state index >= 15 is 0 Å². The molecule has 0 atom stereocenters. The summed E-state index contributed by atoms with van der Waals surface area (Å²) in [6.07, 6.45) is 0.663. The largest absolute Gasteiger partial charge is 0.462 e. The van der Waals surface area contributed by atoms with E-state index in [1.807, 2.05) is 30.3 Å². The van der Waals surface area contributed by atoms with E-state index in [1.54, 1.807) is 33.2 Å². The number of ether oxygens (including phenoxy) is 1. The molecule has 2 rings (SSSR count). The summed E-state index contributed by atoms with van der Waals surface area (Å²) >= 11 is 0. The molecule has 0 spiro atoms. The Labute approximate surface area is 135 Å². The predicted octanol–water partition coefficient (Wildman–Crippen LogP) is 2.49. The van der Waals surface area contributed by atoms with Crippen molar-refractivity contribution in [3.63, 3.8) is 0 Å². The minimum absolute atomic E-state index is 0.197. The summed E-state index contributed by atoms with van der Waals surface area (Å²) in [6, 6.07) is 13.0. The molecule has 0 saturated heterocycles. The number of aryl methyl sites for hydroxylation is 1. The molecule has 0 N–H and O–H groups in total. The minimum atomic E-state index is -0.421. The first-order chi connectivity index (χ1) is 11.0. The highest BCUT2D eigenvalue weighted by Gasteiger charge is 2.16. The van der Waals surface area contributed by atoms with Gasteiger partial charge in [-0.15, -0.1) is 0 Å². The van der Waals surface area contributed by atoms with Gasteiger partial charge in [-0.1, -0.05) is 30.3 Å². The summed E-state index contributed by atoms with van der Waals surface area (Å²) < 4.78 is 5.29. The molecule has 0 bridgehead atoms. The summed E-state index contributed by atoms with van der Waals surface area (Å²) in [7, 11) is 3.32. The lowest BCUT2D eigenvalue weighted by atomic mass is 10.1. The molecular formula is C18H20N2O3. The summed E-state index contributed by atoms with van der Waals surface area (Å²) in [5.74, 6) is -0.619. The van der Waals surface area contributed by atoms with E-state index in [2.05, 4.69) is 4.98 Å². The zero-order chi connectivity index (χ0) is 16.8. The highest BCUT2D eigenvalue weighted by molar-refractivity contribution is 5.94. The number of hydrogen-bond donors (Lipinski definition) is 0. The van der Waals surface area contributed by atoms with E-state index in [4.69, 9.17) is 4.74 Å². The summed E-state index contributed by atoms with van der Waals surface area (Å²) in [6.45, 7) is 2.00. The van der Waals surface area contributed by atoms with E-state index in [1.165, 1.54) is 4.90 Å². The Morgan fingerprint density at radius 1 is 1.09 bits per heavy atom. The highest BCUT2D eigenvalue weighted by Crippen LogP contribution is 2.10. The van der Waals surface area contributed by atoms with E-state index in [0.717, 1.165) is 5.56 Å². The molecule has 1 heterocycles. The van der Waals surface area contributed by atoms with Crippen LogP contribution in [-0.2, 0) is 11.2 Å². The average molecular weight is 312 g/mol. The van der Waals surface area contributed by atoms with Crippen molar-refractivity contribution >= 4 is 11.9 Å². The van der Waals surface area contributed by atoms with Gasteiger partial charge < -0.3 is 9.64 Å². The van der Waals surface area contributed by atoms with Gasteiger partial charge in [-0.2, -0.15) is 0 Å². The first kappa shape index (κ1) is 16.7. The van der Waals surface area contributed by atoms with Crippen LogP contribution in [0.15, 0.2) is 42.5 Å². The average Bonchev–Trinajstić information content (AvgIpc) is 2.54. The number of benzene rings is 1. The van der Waals surface area contributed by atoms with Crippen LogP contribution in [0.25, 0.3) is 0 Å². The highest BCUT2D eigenvalue weighted by atomic mass is 16.5. The lowest BCUT2D eigenvalue weighted by Gasteiger charge is -2.11. The Balaban J connectivity index is 1.98. The van der Waals surface area contributed by atoms with Crippen LogP contribution in [0.2, 0.25) is 0 Å². The van der Waals surface area contributed by atoms with Crippen molar-refractivity contribution in [2.24, 2.45) is 0 Å². The Hall–Kier alpha value is -2.69. The molecule has 1 aromatic carbocycles. The molecule has 0 unspecified atom stereocenters. The maximum Gasteiger partial charge on any atom is 0.339 e. The molecule has 0 aliphatic carbocycles. The molecule has 0 aliphatic heterocycles. The Kier molecular flexibility index (Phi) is 5.46. The zero-order valence-electron chi connectivity index (χ0n) is 13.6. The lowest BCUT2D eigenvalue weighted by molar-refractivity contribution is 0.0507. The number of hydrogen-bond acceptors (Lipinski definition) is 4. The van der Waals surface area contributed by atoms with Crippen molar-refractivity contribution in [1.82, 2.24) is 9.88 Å².